The quantitative estimate of drug-likeness (QED) is 0.325. The SMILES string of the molecule is CCCNC(=O)[C@@H](Cc1ccccc1)N(Cc1c(Cl)cccc1Cl)C(=O)COc1cc(C)cc(C)c1. The topological polar surface area (TPSA) is 58.6 Å². The number of hydrogen-bond acceptors (Lipinski definition) is 3. The smallest absolute Gasteiger partial charge is 0.261 e. The van der Waals surface area contributed by atoms with Gasteiger partial charge in [-0.1, -0.05) is 72.6 Å². The highest BCUT2D eigenvalue weighted by Crippen LogP contribution is 2.27. The van der Waals surface area contributed by atoms with Crippen LogP contribution < -0.4 is 10.1 Å². The van der Waals surface area contributed by atoms with Gasteiger partial charge in [-0.15, -0.1) is 0 Å². The van der Waals surface area contributed by atoms with Crippen molar-refractivity contribution in [2.75, 3.05) is 13.2 Å². The summed E-state index contributed by atoms with van der Waals surface area (Å²) in [6, 6.07) is 19.8. The number of nitrogens with zero attached hydrogens (tertiary/aromatic N) is 1. The fourth-order valence-electron chi connectivity index (χ4n) is 4.02. The van der Waals surface area contributed by atoms with E-state index in [2.05, 4.69) is 5.32 Å². The first-order valence-electron chi connectivity index (χ1n) is 12.0. The Balaban J connectivity index is 1.95. The van der Waals surface area contributed by atoms with Gasteiger partial charge in [-0.3, -0.25) is 9.59 Å². The molecule has 0 heterocycles. The number of halogens is 2. The second-order valence-electron chi connectivity index (χ2n) is 8.83. The van der Waals surface area contributed by atoms with Crippen LogP contribution in [0.1, 0.15) is 35.6 Å². The lowest BCUT2D eigenvalue weighted by Gasteiger charge is -2.32. The van der Waals surface area contributed by atoms with E-state index >= 15 is 0 Å². The molecule has 3 aromatic carbocycles. The van der Waals surface area contributed by atoms with E-state index < -0.39 is 6.04 Å². The van der Waals surface area contributed by atoms with Crippen LogP contribution >= 0.6 is 23.2 Å². The first-order chi connectivity index (χ1) is 17.3. The van der Waals surface area contributed by atoms with Gasteiger partial charge in [0, 0.05) is 35.1 Å². The van der Waals surface area contributed by atoms with Gasteiger partial charge in [0.05, 0.1) is 0 Å². The van der Waals surface area contributed by atoms with Crippen LogP contribution in [-0.2, 0) is 22.6 Å². The van der Waals surface area contributed by atoms with Crippen molar-refractivity contribution in [3.63, 3.8) is 0 Å². The molecule has 0 aromatic heterocycles. The lowest BCUT2D eigenvalue weighted by atomic mass is 10.0. The predicted molar refractivity (Wildman–Crippen MR) is 146 cm³/mol. The number of nitrogens with one attached hydrogen (secondary N) is 1. The number of hydrogen-bond donors (Lipinski definition) is 1. The molecule has 7 heteroatoms. The van der Waals surface area contributed by atoms with Crippen LogP contribution in [0.5, 0.6) is 5.75 Å². The van der Waals surface area contributed by atoms with Crippen LogP contribution in [0, 0.1) is 13.8 Å². The van der Waals surface area contributed by atoms with Gasteiger partial charge >= 0.3 is 0 Å². The first kappa shape index (κ1) is 27.6. The maximum absolute atomic E-state index is 13.7. The third-order valence-corrected chi connectivity index (χ3v) is 6.48. The number of rotatable bonds is 11. The summed E-state index contributed by atoms with van der Waals surface area (Å²) in [6.07, 6.45) is 1.12. The Hall–Kier alpha value is -3.02. The average molecular weight is 527 g/mol. The van der Waals surface area contributed by atoms with Crippen molar-refractivity contribution in [1.29, 1.82) is 0 Å². The summed E-state index contributed by atoms with van der Waals surface area (Å²) in [5.41, 5.74) is 3.60. The molecule has 0 saturated carbocycles. The third-order valence-electron chi connectivity index (χ3n) is 5.77. The Morgan fingerprint density at radius 2 is 1.58 bits per heavy atom. The lowest BCUT2D eigenvalue weighted by molar-refractivity contribution is -0.142. The summed E-state index contributed by atoms with van der Waals surface area (Å²) < 4.78 is 5.88. The van der Waals surface area contributed by atoms with Crippen molar-refractivity contribution in [2.24, 2.45) is 0 Å². The van der Waals surface area contributed by atoms with E-state index in [1.54, 1.807) is 18.2 Å². The molecular weight excluding hydrogens is 495 g/mol. The van der Waals surface area contributed by atoms with E-state index in [0.29, 0.717) is 34.3 Å². The van der Waals surface area contributed by atoms with Crippen LogP contribution in [0.15, 0.2) is 66.7 Å². The maximum Gasteiger partial charge on any atom is 0.261 e. The number of carbonyl (C=O) groups is 2. The molecule has 0 radical (unpaired) electrons. The molecule has 1 atom stereocenters. The van der Waals surface area contributed by atoms with Gasteiger partial charge in [-0.2, -0.15) is 0 Å². The zero-order valence-electron chi connectivity index (χ0n) is 20.9. The van der Waals surface area contributed by atoms with Crippen molar-refractivity contribution in [3.05, 3.63) is 99.0 Å². The van der Waals surface area contributed by atoms with Gasteiger partial charge < -0.3 is 15.0 Å². The maximum atomic E-state index is 13.7. The Labute approximate surface area is 223 Å². The molecule has 3 aromatic rings. The summed E-state index contributed by atoms with van der Waals surface area (Å²) in [5, 5.41) is 3.82. The van der Waals surface area contributed by atoms with Crippen LogP contribution in [0.4, 0.5) is 0 Å². The van der Waals surface area contributed by atoms with Crippen LogP contribution in [0.2, 0.25) is 10.0 Å². The highest BCUT2D eigenvalue weighted by Gasteiger charge is 2.31. The number of carbonyl (C=O) groups excluding carboxylic acids is 2. The Morgan fingerprint density at radius 3 is 2.19 bits per heavy atom. The fraction of sp³-hybridized carbons (Fsp3) is 0.310. The van der Waals surface area contributed by atoms with Gasteiger partial charge in [0.1, 0.15) is 11.8 Å². The summed E-state index contributed by atoms with van der Waals surface area (Å²) in [6.45, 7) is 6.29. The molecule has 5 nitrogen and oxygen atoms in total. The Kier molecular flexibility index (Phi) is 10.2. The predicted octanol–water partition coefficient (Wildman–Crippen LogP) is 6.16. The van der Waals surface area contributed by atoms with Crippen molar-refractivity contribution < 1.29 is 14.3 Å². The van der Waals surface area contributed by atoms with Crippen molar-refractivity contribution >= 4 is 35.0 Å². The summed E-state index contributed by atoms with van der Waals surface area (Å²) in [4.78, 5) is 28.5. The Bertz CT molecular complexity index is 1140. The molecule has 190 valence electrons. The Morgan fingerprint density at radius 1 is 0.944 bits per heavy atom. The second-order valence-corrected chi connectivity index (χ2v) is 9.64. The monoisotopic (exact) mass is 526 g/mol. The molecule has 0 aliphatic carbocycles. The van der Waals surface area contributed by atoms with Gasteiger partial charge in [0.25, 0.3) is 5.91 Å². The molecule has 2 amide bonds. The third kappa shape index (κ3) is 7.74. The zero-order valence-corrected chi connectivity index (χ0v) is 22.4. The van der Waals surface area contributed by atoms with Gasteiger partial charge in [0.2, 0.25) is 5.91 Å². The van der Waals surface area contributed by atoms with Crippen molar-refractivity contribution in [1.82, 2.24) is 10.2 Å². The fourth-order valence-corrected chi connectivity index (χ4v) is 4.53. The molecule has 0 fully saturated rings. The number of amides is 2. The van der Waals surface area contributed by atoms with Gasteiger partial charge in [-0.25, -0.2) is 0 Å². The normalized spacial score (nSPS) is 11.6. The van der Waals surface area contributed by atoms with E-state index in [0.717, 1.165) is 23.1 Å². The second kappa shape index (κ2) is 13.3. The van der Waals surface area contributed by atoms with E-state index in [4.69, 9.17) is 27.9 Å². The van der Waals surface area contributed by atoms with E-state index in [-0.39, 0.29) is 25.0 Å². The van der Waals surface area contributed by atoms with E-state index in [1.807, 2.05) is 69.3 Å². The largest absolute Gasteiger partial charge is 0.484 e. The minimum absolute atomic E-state index is 0.0740. The van der Waals surface area contributed by atoms with E-state index in [1.165, 1.54) is 4.90 Å². The van der Waals surface area contributed by atoms with Crippen molar-refractivity contribution in [3.8, 4) is 5.75 Å². The molecule has 0 bridgehead atoms. The van der Waals surface area contributed by atoms with Crippen LogP contribution in [-0.4, -0.2) is 35.9 Å². The molecule has 3 rings (SSSR count). The lowest BCUT2D eigenvalue weighted by Crippen LogP contribution is -2.51. The minimum Gasteiger partial charge on any atom is -0.484 e. The molecule has 0 unspecified atom stereocenters. The first-order valence-corrected chi connectivity index (χ1v) is 12.8. The number of aryl methyl sites for hydroxylation is 2. The molecule has 0 aliphatic heterocycles. The highest BCUT2D eigenvalue weighted by atomic mass is 35.5. The van der Waals surface area contributed by atoms with Gasteiger partial charge in [0.15, 0.2) is 6.61 Å². The molecule has 0 aliphatic rings. The van der Waals surface area contributed by atoms with Gasteiger partial charge in [-0.05, 0) is 61.2 Å². The molecule has 0 spiro atoms. The summed E-state index contributed by atoms with van der Waals surface area (Å²) in [5.74, 6) is 0.0352. The molecule has 0 saturated heterocycles. The number of ether oxygens (including phenoxy) is 1. The minimum atomic E-state index is -0.776. The highest BCUT2D eigenvalue weighted by molar-refractivity contribution is 6.36. The standard InChI is InChI=1S/C29H32Cl2N2O3/c1-4-13-32-29(35)27(17-22-9-6-5-7-10-22)33(18-24-25(30)11-8-12-26(24)31)28(34)19-36-23-15-20(2)14-21(3)16-23/h5-12,14-16,27H,4,13,17-19H2,1-3H3,(H,32,35)/t27-/m1/s1. The average Bonchev–Trinajstić information content (AvgIpc) is 2.85. The van der Waals surface area contributed by atoms with Crippen LogP contribution in [0.3, 0.4) is 0 Å². The number of benzene rings is 3. The van der Waals surface area contributed by atoms with E-state index in [9.17, 15) is 9.59 Å². The van der Waals surface area contributed by atoms with Crippen molar-refractivity contribution in [2.45, 2.75) is 46.2 Å². The summed E-state index contributed by atoms with van der Waals surface area (Å²) >= 11 is 12.9. The summed E-state index contributed by atoms with van der Waals surface area (Å²) in [7, 11) is 0. The van der Waals surface area contributed by atoms with Crippen LogP contribution in [0.25, 0.3) is 0 Å². The zero-order chi connectivity index (χ0) is 26.1. The molecular formula is C29H32Cl2N2O3. The molecule has 36 heavy (non-hydrogen) atoms. The molecule has 1 N–H and O–H groups in total.